The maximum absolute atomic E-state index is 12.7. The zero-order valence-electron chi connectivity index (χ0n) is 16.1. The molecule has 0 atom stereocenters. The van der Waals surface area contributed by atoms with E-state index in [4.69, 9.17) is 16.3 Å². The number of hydrogen-bond donors (Lipinski definition) is 2. The fourth-order valence-electron chi connectivity index (χ4n) is 2.67. The summed E-state index contributed by atoms with van der Waals surface area (Å²) in [6.07, 6.45) is 0. The number of carbonyl (C=O) groups excluding carboxylic acids is 1. The Morgan fingerprint density at radius 1 is 1.04 bits per heavy atom. The number of halogens is 1. The van der Waals surface area contributed by atoms with Crippen molar-refractivity contribution in [1.82, 2.24) is 9.97 Å². The molecule has 7 heteroatoms. The lowest BCUT2D eigenvalue weighted by atomic mass is 10.1. The third-order valence-electron chi connectivity index (χ3n) is 4.14. The minimum absolute atomic E-state index is 0.274. The Hall–Kier alpha value is -3.12. The first-order valence-corrected chi connectivity index (χ1v) is 9.08. The van der Waals surface area contributed by atoms with E-state index < -0.39 is 0 Å². The number of rotatable bonds is 5. The number of nitrogens with zero attached hydrogens (tertiary/aromatic N) is 2. The molecule has 3 rings (SSSR count). The summed E-state index contributed by atoms with van der Waals surface area (Å²) in [5.74, 6) is 0.591. The maximum atomic E-state index is 12.7. The van der Waals surface area contributed by atoms with E-state index in [-0.39, 0.29) is 11.6 Å². The third-order valence-corrected chi connectivity index (χ3v) is 4.43. The fraction of sp³-hybridized carbons (Fsp3) is 0.190. The number of nitrogens with one attached hydrogen (secondary N) is 2. The van der Waals surface area contributed by atoms with Gasteiger partial charge in [0.25, 0.3) is 5.91 Å². The van der Waals surface area contributed by atoms with Crippen LogP contribution in [-0.2, 0) is 0 Å². The molecule has 0 bridgehead atoms. The van der Waals surface area contributed by atoms with Gasteiger partial charge in [-0.25, -0.2) is 9.97 Å². The number of amides is 1. The monoisotopic (exact) mass is 396 g/mol. The number of benzene rings is 2. The van der Waals surface area contributed by atoms with Crippen LogP contribution in [0, 0.1) is 20.8 Å². The first-order chi connectivity index (χ1) is 13.4. The number of carbonyl (C=O) groups is 1. The van der Waals surface area contributed by atoms with Crippen LogP contribution in [0.2, 0.25) is 5.02 Å². The van der Waals surface area contributed by atoms with E-state index >= 15 is 0 Å². The normalized spacial score (nSPS) is 10.5. The molecule has 1 aromatic heterocycles. The predicted molar refractivity (Wildman–Crippen MR) is 112 cm³/mol. The van der Waals surface area contributed by atoms with E-state index in [1.165, 1.54) is 0 Å². The highest BCUT2D eigenvalue weighted by atomic mass is 35.5. The number of aromatic nitrogens is 2. The molecule has 0 saturated carbocycles. The average Bonchev–Trinajstić information content (AvgIpc) is 2.64. The molecule has 0 fully saturated rings. The van der Waals surface area contributed by atoms with Gasteiger partial charge in [-0.3, -0.25) is 4.79 Å². The number of hydrogen-bond acceptors (Lipinski definition) is 5. The Kier molecular flexibility index (Phi) is 5.80. The van der Waals surface area contributed by atoms with Gasteiger partial charge in [0.15, 0.2) is 0 Å². The van der Waals surface area contributed by atoms with Crippen molar-refractivity contribution in [2.24, 2.45) is 0 Å². The number of anilines is 3. The van der Waals surface area contributed by atoms with Crippen molar-refractivity contribution in [2.45, 2.75) is 20.8 Å². The fourth-order valence-corrected chi connectivity index (χ4v) is 2.93. The highest BCUT2D eigenvalue weighted by Crippen LogP contribution is 2.28. The molecule has 0 spiro atoms. The number of methoxy groups -OCH3 is 1. The molecule has 2 N–H and O–H groups in total. The average molecular weight is 397 g/mol. The summed E-state index contributed by atoms with van der Waals surface area (Å²) in [5.41, 5.74) is 4.45. The summed E-state index contributed by atoms with van der Waals surface area (Å²) in [7, 11) is 1.55. The predicted octanol–water partition coefficient (Wildman–Crippen LogP) is 5.06. The molecule has 2 aromatic carbocycles. The zero-order valence-corrected chi connectivity index (χ0v) is 16.9. The van der Waals surface area contributed by atoms with E-state index in [2.05, 4.69) is 20.6 Å². The van der Waals surface area contributed by atoms with Crippen LogP contribution in [0.1, 0.15) is 27.3 Å². The van der Waals surface area contributed by atoms with Crippen molar-refractivity contribution in [3.05, 3.63) is 70.0 Å². The van der Waals surface area contributed by atoms with Crippen LogP contribution < -0.4 is 15.4 Å². The van der Waals surface area contributed by atoms with Crippen molar-refractivity contribution in [3.63, 3.8) is 0 Å². The molecule has 0 aliphatic carbocycles. The van der Waals surface area contributed by atoms with E-state index in [9.17, 15) is 4.79 Å². The smallest absolute Gasteiger partial charge is 0.274 e. The molecule has 0 unspecified atom stereocenters. The molecule has 144 valence electrons. The van der Waals surface area contributed by atoms with Crippen molar-refractivity contribution in [3.8, 4) is 5.75 Å². The Morgan fingerprint density at radius 2 is 1.82 bits per heavy atom. The summed E-state index contributed by atoms with van der Waals surface area (Å²) >= 11 is 6.16. The molecule has 0 aliphatic rings. The van der Waals surface area contributed by atoms with Gasteiger partial charge in [0.2, 0.25) is 5.95 Å². The molecule has 3 aromatic rings. The van der Waals surface area contributed by atoms with Gasteiger partial charge in [-0.1, -0.05) is 23.7 Å². The second-order valence-corrected chi connectivity index (χ2v) is 6.87. The second kappa shape index (κ2) is 8.27. The summed E-state index contributed by atoms with van der Waals surface area (Å²) in [4.78, 5) is 21.4. The largest absolute Gasteiger partial charge is 0.495 e. The first-order valence-electron chi connectivity index (χ1n) is 8.70. The lowest BCUT2D eigenvalue weighted by Crippen LogP contribution is -2.16. The molecule has 0 radical (unpaired) electrons. The lowest BCUT2D eigenvalue weighted by molar-refractivity contribution is 0.102. The van der Waals surface area contributed by atoms with E-state index in [0.29, 0.717) is 28.1 Å². The number of ether oxygens (including phenoxy) is 1. The van der Waals surface area contributed by atoms with Gasteiger partial charge in [0, 0.05) is 17.1 Å². The van der Waals surface area contributed by atoms with Gasteiger partial charge < -0.3 is 15.4 Å². The summed E-state index contributed by atoms with van der Waals surface area (Å²) < 4.78 is 5.15. The molecule has 28 heavy (non-hydrogen) atoms. The van der Waals surface area contributed by atoms with Gasteiger partial charge in [-0.2, -0.15) is 0 Å². The molecule has 0 aliphatic heterocycles. The topological polar surface area (TPSA) is 76.1 Å². The molecule has 6 nitrogen and oxygen atoms in total. The lowest BCUT2D eigenvalue weighted by Gasteiger charge is -2.11. The van der Waals surface area contributed by atoms with E-state index in [1.807, 2.05) is 39.0 Å². The van der Waals surface area contributed by atoms with E-state index in [1.54, 1.807) is 31.4 Å². The highest BCUT2D eigenvalue weighted by Gasteiger charge is 2.13. The second-order valence-electron chi connectivity index (χ2n) is 6.46. The van der Waals surface area contributed by atoms with Gasteiger partial charge >= 0.3 is 0 Å². The van der Waals surface area contributed by atoms with Crippen molar-refractivity contribution in [1.29, 1.82) is 0 Å². The molecule has 1 heterocycles. The van der Waals surface area contributed by atoms with Crippen molar-refractivity contribution in [2.75, 3.05) is 17.7 Å². The number of aryl methyl sites for hydroxylation is 3. The van der Waals surface area contributed by atoms with Gasteiger partial charge in [0.1, 0.15) is 11.4 Å². The minimum atomic E-state index is -0.296. The van der Waals surface area contributed by atoms with Crippen LogP contribution in [0.5, 0.6) is 5.75 Å². The van der Waals surface area contributed by atoms with Crippen LogP contribution in [-0.4, -0.2) is 23.0 Å². The zero-order chi connectivity index (χ0) is 20.3. The summed E-state index contributed by atoms with van der Waals surface area (Å²) in [5, 5.41) is 6.46. The Morgan fingerprint density at radius 3 is 2.54 bits per heavy atom. The highest BCUT2D eigenvalue weighted by molar-refractivity contribution is 6.32. The van der Waals surface area contributed by atoms with Crippen LogP contribution in [0.25, 0.3) is 0 Å². The van der Waals surface area contributed by atoms with E-state index in [0.717, 1.165) is 16.8 Å². The first kappa shape index (κ1) is 19.6. The third kappa shape index (κ3) is 4.58. The SMILES string of the molecule is COc1ccc(Nc2nc(C)cc(C(=O)Nc3cc(C)ccc3C)n2)cc1Cl. The van der Waals surface area contributed by atoms with Crippen molar-refractivity contribution >= 4 is 34.8 Å². The Labute approximate surface area is 168 Å². The Balaban J connectivity index is 1.83. The Bertz CT molecular complexity index is 1040. The van der Waals surface area contributed by atoms with Crippen LogP contribution in [0.3, 0.4) is 0 Å². The standard InChI is InChI=1S/C21H21ClN4O2/c1-12-5-6-13(2)17(9-12)25-20(27)18-10-14(3)23-21(26-18)24-15-7-8-19(28-4)16(22)11-15/h5-11H,1-4H3,(H,25,27)(H,23,24,26). The van der Waals surface area contributed by atoms with Crippen LogP contribution >= 0.6 is 11.6 Å². The summed E-state index contributed by atoms with van der Waals surface area (Å²) in [6, 6.07) is 12.8. The van der Waals surface area contributed by atoms with Crippen LogP contribution in [0.15, 0.2) is 42.5 Å². The summed E-state index contributed by atoms with van der Waals surface area (Å²) in [6.45, 7) is 5.73. The van der Waals surface area contributed by atoms with Crippen LogP contribution in [0.4, 0.5) is 17.3 Å². The molecular weight excluding hydrogens is 376 g/mol. The quantitative estimate of drug-likeness (QED) is 0.630. The van der Waals surface area contributed by atoms with Gasteiger partial charge in [0.05, 0.1) is 12.1 Å². The maximum Gasteiger partial charge on any atom is 0.274 e. The molecule has 0 saturated heterocycles. The molecule has 1 amide bonds. The molecular formula is C21H21ClN4O2. The minimum Gasteiger partial charge on any atom is -0.495 e. The van der Waals surface area contributed by atoms with Crippen molar-refractivity contribution < 1.29 is 9.53 Å². The van der Waals surface area contributed by atoms with Gasteiger partial charge in [-0.05, 0) is 62.2 Å². The van der Waals surface area contributed by atoms with Gasteiger partial charge in [-0.15, -0.1) is 0 Å².